The second-order valence-corrected chi connectivity index (χ2v) is 7.10. The van der Waals surface area contributed by atoms with E-state index in [9.17, 15) is 19.2 Å². The van der Waals surface area contributed by atoms with Crippen LogP contribution in [-0.4, -0.2) is 23.6 Å². The molecule has 4 fully saturated rings. The van der Waals surface area contributed by atoms with Crippen LogP contribution in [0.3, 0.4) is 0 Å². The van der Waals surface area contributed by atoms with E-state index < -0.39 is 11.9 Å². The smallest absolute Gasteiger partial charge is 0.338 e. The highest BCUT2D eigenvalue weighted by atomic mass is 16.5. The third kappa shape index (κ3) is 1.60. The van der Waals surface area contributed by atoms with Crippen LogP contribution in [0.15, 0.2) is 18.2 Å². The van der Waals surface area contributed by atoms with E-state index in [1.807, 2.05) is 0 Å². The average molecular weight is 325 g/mol. The molecule has 24 heavy (non-hydrogen) atoms. The van der Waals surface area contributed by atoms with Crippen molar-refractivity contribution in [1.82, 2.24) is 0 Å². The van der Waals surface area contributed by atoms with Crippen LogP contribution in [0.4, 0.5) is 5.69 Å². The molecule has 5 aliphatic rings. The van der Waals surface area contributed by atoms with Gasteiger partial charge in [-0.05, 0) is 30.9 Å². The third-order valence-corrected chi connectivity index (χ3v) is 6.00. The third-order valence-electron chi connectivity index (χ3n) is 6.00. The summed E-state index contributed by atoms with van der Waals surface area (Å²) in [6.45, 7) is 0.222. The molecule has 1 aromatic carbocycles. The van der Waals surface area contributed by atoms with Crippen molar-refractivity contribution in [3.8, 4) is 0 Å². The number of nitrogens with zero attached hydrogens (tertiary/aromatic N) is 1. The average Bonchev–Trinajstić information content (AvgIpc) is 3.07. The minimum atomic E-state index is -0.516. The zero-order chi connectivity index (χ0) is 16.6. The van der Waals surface area contributed by atoms with Gasteiger partial charge in [-0.3, -0.25) is 19.3 Å². The Morgan fingerprint density at radius 1 is 1.00 bits per heavy atom. The normalized spacial score (nSPS) is 33.8. The van der Waals surface area contributed by atoms with Gasteiger partial charge in [0.15, 0.2) is 0 Å². The molecular weight excluding hydrogens is 310 g/mol. The summed E-state index contributed by atoms with van der Waals surface area (Å²) in [6, 6.07) is 4.96. The Balaban J connectivity index is 1.57. The number of fused-ring (bicyclic) bond motifs is 3. The van der Waals surface area contributed by atoms with Gasteiger partial charge in [-0.15, -0.1) is 0 Å². The van der Waals surface area contributed by atoms with E-state index >= 15 is 0 Å². The molecule has 3 saturated carbocycles. The molecule has 1 aromatic rings. The van der Waals surface area contributed by atoms with Crippen LogP contribution < -0.4 is 4.90 Å². The highest BCUT2D eigenvalue weighted by Crippen LogP contribution is 2.52. The predicted octanol–water partition coefficient (Wildman–Crippen LogP) is 1.46. The van der Waals surface area contributed by atoms with Gasteiger partial charge < -0.3 is 4.74 Å². The Bertz CT molecular complexity index is 829. The van der Waals surface area contributed by atoms with Crippen molar-refractivity contribution in [3.63, 3.8) is 0 Å². The van der Waals surface area contributed by atoms with Crippen molar-refractivity contribution >= 4 is 29.3 Å². The van der Waals surface area contributed by atoms with Crippen LogP contribution in [0.25, 0.3) is 0 Å². The maximum atomic E-state index is 12.9. The van der Waals surface area contributed by atoms with Crippen LogP contribution in [0.2, 0.25) is 0 Å². The number of ketones is 1. The summed E-state index contributed by atoms with van der Waals surface area (Å²) in [6.07, 6.45) is 1.95. The first kappa shape index (κ1) is 13.9. The number of hydrogen-bond donors (Lipinski definition) is 0. The molecule has 1 saturated heterocycles. The molecule has 4 atom stereocenters. The molecule has 6 rings (SSSR count). The van der Waals surface area contributed by atoms with Crippen molar-refractivity contribution in [2.45, 2.75) is 25.9 Å². The van der Waals surface area contributed by atoms with E-state index in [0.717, 1.165) is 12.0 Å². The number of benzene rings is 1. The lowest BCUT2D eigenvalue weighted by atomic mass is 9.59. The highest BCUT2D eigenvalue weighted by molar-refractivity contribution is 6.24. The second-order valence-electron chi connectivity index (χ2n) is 7.10. The number of esters is 1. The first-order chi connectivity index (χ1) is 11.6. The van der Waals surface area contributed by atoms with Gasteiger partial charge in [-0.25, -0.2) is 4.79 Å². The number of amides is 2. The van der Waals surface area contributed by atoms with Crippen LogP contribution in [0.5, 0.6) is 0 Å². The van der Waals surface area contributed by atoms with Crippen molar-refractivity contribution in [2.24, 2.45) is 23.7 Å². The molecule has 2 aliphatic heterocycles. The van der Waals surface area contributed by atoms with E-state index in [1.165, 1.54) is 4.90 Å². The molecule has 6 heteroatoms. The maximum absolute atomic E-state index is 12.9. The predicted molar refractivity (Wildman–Crippen MR) is 80.9 cm³/mol. The topological polar surface area (TPSA) is 80.8 Å². The van der Waals surface area contributed by atoms with Gasteiger partial charge in [0, 0.05) is 17.9 Å². The summed E-state index contributed by atoms with van der Waals surface area (Å²) in [5, 5.41) is 0. The van der Waals surface area contributed by atoms with Crippen molar-refractivity contribution in [3.05, 3.63) is 29.3 Å². The van der Waals surface area contributed by atoms with Gasteiger partial charge in [0.05, 0.1) is 23.1 Å². The molecule has 2 bridgehead atoms. The summed E-state index contributed by atoms with van der Waals surface area (Å²) in [5.74, 6) is -2.06. The lowest BCUT2D eigenvalue weighted by molar-refractivity contribution is -0.143. The van der Waals surface area contributed by atoms with Gasteiger partial charge in [-0.1, -0.05) is 6.07 Å². The molecule has 0 N–H and O–H groups in total. The summed E-state index contributed by atoms with van der Waals surface area (Å²) in [7, 11) is 0. The van der Waals surface area contributed by atoms with E-state index in [-0.39, 0.29) is 42.0 Å². The molecule has 2 heterocycles. The minimum absolute atomic E-state index is 0.0201. The standard InChI is InChI=1S/C18H15NO5/c20-13-5-8-2-4-11(13)15-14(8)16(21)19(17(15)22)10-3-1-9-7-24-18(23)12(9)6-10/h1,3,6,8,11,14-15H,2,4-5,7H2/t8-,11+,14+,15-/m0/s1. The summed E-state index contributed by atoms with van der Waals surface area (Å²) in [4.78, 5) is 50.9. The van der Waals surface area contributed by atoms with Gasteiger partial charge >= 0.3 is 5.97 Å². The number of imide groups is 1. The van der Waals surface area contributed by atoms with E-state index in [0.29, 0.717) is 24.1 Å². The number of Topliss-reactive ketones (excluding diaryl/α,β-unsaturated/α-hetero) is 1. The Hall–Kier alpha value is -2.50. The van der Waals surface area contributed by atoms with E-state index in [1.54, 1.807) is 18.2 Å². The van der Waals surface area contributed by atoms with Gasteiger partial charge in [0.1, 0.15) is 12.4 Å². The number of hydrogen-bond acceptors (Lipinski definition) is 5. The van der Waals surface area contributed by atoms with Crippen LogP contribution in [0, 0.1) is 23.7 Å². The van der Waals surface area contributed by atoms with Gasteiger partial charge in [0.2, 0.25) is 11.8 Å². The lowest BCUT2D eigenvalue weighted by Gasteiger charge is -2.41. The molecule has 6 nitrogen and oxygen atoms in total. The monoisotopic (exact) mass is 325 g/mol. The molecule has 0 unspecified atom stereocenters. The molecule has 122 valence electrons. The van der Waals surface area contributed by atoms with Crippen molar-refractivity contribution in [1.29, 1.82) is 0 Å². The quantitative estimate of drug-likeness (QED) is 0.577. The largest absolute Gasteiger partial charge is 0.457 e. The summed E-state index contributed by atoms with van der Waals surface area (Å²) < 4.78 is 4.98. The molecule has 0 aromatic heterocycles. The SMILES string of the molecule is O=C1OCc2ccc(N3C(=O)[C@@H]4[C@H]5CC[C@H](C(=O)C5)[C@@H]4C3=O)cc21. The molecule has 0 spiro atoms. The van der Waals surface area contributed by atoms with Crippen LogP contribution in [0.1, 0.15) is 35.2 Å². The lowest BCUT2D eigenvalue weighted by Crippen LogP contribution is -2.46. The fraction of sp³-hybridized carbons (Fsp3) is 0.444. The zero-order valence-corrected chi connectivity index (χ0v) is 12.9. The van der Waals surface area contributed by atoms with Crippen molar-refractivity contribution in [2.75, 3.05) is 4.90 Å². The zero-order valence-electron chi connectivity index (χ0n) is 12.9. The number of rotatable bonds is 1. The number of carbonyl (C=O) groups is 4. The van der Waals surface area contributed by atoms with E-state index in [2.05, 4.69) is 0 Å². The van der Waals surface area contributed by atoms with Crippen molar-refractivity contribution < 1.29 is 23.9 Å². The number of anilines is 1. The fourth-order valence-corrected chi connectivity index (χ4v) is 4.88. The Morgan fingerprint density at radius 3 is 2.58 bits per heavy atom. The van der Waals surface area contributed by atoms with E-state index in [4.69, 9.17) is 4.74 Å². The highest BCUT2D eigenvalue weighted by Gasteiger charge is 2.61. The first-order valence-corrected chi connectivity index (χ1v) is 8.27. The Morgan fingerprint density at radius 2 is 1.79 bits per heavy atom. The number of carbonyl (C=O) groups excluding carboxylic acids is 4. The molecule has 3 aliphatic carbocycles. The Labute approximate surface area is 137 Å². The Kier molecular flexibility index (Phi) is 2.62. The van der Waals surface area contributed by atoms with Gasteiger partial charge in [0.25, 0.3) is 0 Å². The number of cyclic esters (lactones) is 1. The maximum Gasteiger partial charge on any atom is 0.338 e. The number of ether oxygens (including phenoxy) is 1. The molecular formula is C18H15NO5. The summed E-state index contributed by atoms with van der Waals surface area (Å²) in [5.41, 5.74) is 1.57. The fourth-order valence-electron chi connectivity index (χ4n) is 4.88. The van der Waals surface area contributed by atoms with Crippen LogP contribution >= 0.6 is 0 Å². The first-order valence-electron chi connectivity index (χ1n) is 8.27. The van der Waals surface area contributed by atoms with Gasteiger partial charge in [-0.2, -0.15) is 0 Å². The molecule has 0 radical (unpaired) electrons. The second kappa shape index (κ2) is 4.53. The minimum Gasteiger partial charge on any atom is -0.457 e. The summed E-state index contributed by atoms with van der Waals surface area (Å²) >= 11 is 0. The van der Waals surface area contributed by atoms with Crippen LogP contribution in [-0.2, 0) is 25.7 Å². The molecule has 2 amide bonds.